The van der Waals surface area contributed by atoms with Gasteiger partial charge in [-0.3, -0.25) is 14.5 Å². The largest absolute Gasteiger partial charge is 0.281 e. The Bertz CT molecular complexity index is 1050. The minimum absolute atomic E-state index is 0.123. The van der Waals surface area contributed by atoms with Crippen molar-refractivity contribution in [2.75, 3.05) is 4.72 Å². The van der Waals surface area contributed by atoms with Crippen molar-refractivity contribution in [2.24, 2.45) is 0 Å². The van der Waals surface area contributed by atoms with E-state index >= 15 is 0 Å². The van der Waals surface area contributed by atoms with Gasteiger partial charge in [-0.15, -0.1) is 0 Å². The van der Waals surface area contributed by atoms with Crippen LogP contribution in [0.5, 0.6) is 0 Å². The lowest BCUT2D eigenvalue weighted by molar-refractivity contribution is 0.579. The number of nitrogens with one attached hydrogen (secondary N) is 2. The SMILES string of the molecule is Cc1nn(Cc2ccccc2F)c(C)c1NS(=O)(=O)c1c(C)n[nH]c1C. The predicted molar refractivity (Wildman–Crippen MR) is 96.1 cm³/mol. The molecule has 0 spiro atoms. The minimum Gasteiger partial charge on any atom is -0.281 e. The smallest absolute Gasteiger partial charge is 0.265 e. The molecule has 0 amide bonds. The van der Waals surface area contributed by atoms with Gasteiger partial charge in [0.25, 0.3) is 10.0 Å². The molecule has 1 aromatic carbocycles. The summed E-state index contributed by atoms with van der Waals surface area (Å²) in [5.74, 6) is -0.327. The van der Waals surface area contributed by atoms with Crippen molar-refractivity contribution >= 4 is 15.7 Å². The summed E-state index contributed by atoms with van der Waals surface area (Å²) in [4.78, 5) is 0.123. The zero-order chi connectivity index (χ0) is 19.1. The Labute approximate surface area is 151 Å². The van der Waals surface area contributed by atoms with Gasteiger partial charge >= 0.3 is 0 Å². The first-order chi connectivity index (χ1) is 12.2. The van der Waals surface area contributed by atoms with Crippen molar-refractivity contribution in [2.45, 2.75) is 39.1 Å². The first kappa shape index (κ1) is 18.1. The number of aryl methyl sites for hydroxylation is 3. The third-order valence-electron chi connectivity index (χ3n) is 4.23. The van der Waals surface area contributed by atoms with Gasteiger partial charge in [0.1, 0.15) is 10.7 Å². The molecule has 0 unspecified atom stereocenters. The second kappa shape index (κ2) is 6.56. The van der Waals surface area contributed by atoms with Crippen molar-refractivity contribution in [3.8, 4) is 0 Å². The number of rotatable bonds is 5. The van der Waals surface area contributed by atoms with Crippen molar-refractivity contribution in [3.63, 3.8) is 0 Å². The van der Waals surface area contributed by atoms with Gasteiger partial charge in [0.15, 0.2) is 0 Å². The molecule has 0 aliphatic rings. The van der Waals surface area contributed by atoms with Crippen LogP contribution in [0.1, 0.15) is 28.3 Å². The Balaban J connectivity index is 1.95. The highest BCUT2D eigenvalue weighted by Gasteiger charge is 2.25. The molecule has 0 bridgehead atoms. The van der Waals surface area contributed by atoms with Crippen LogP contribution in [-0.2, 0) is 16.6 Å². The molecule has 0 atom stereocenters. The Morgan fingerprint density at radius 2 is 1.85 bits per heavy atom. The second-order valence-electron chi connectivity index (χ2n) is 6.16. The summed E-state index contributed by atoms with van der Waals surface area (Å²) in [5.41, 5.74) is 2.85. The van der Waals surface area contributed by atoms with Crippen molar-refractivity contribution < 1.29 is 12.8 Å². The van der Waals surface area contributed by atoms with Crippen LogP contribution in [0.2, 0.25) is 0 Å². The summed E-state index contributed by atoms with van der Waals surface area (Å²) < 4.78 is 43.6. The van der Waals surface area contributed by atoms with Crippen LogP contribution < -0.4 is 4.72 Å². The van der Waals surface area contributed by atoms with E-state index in [-0.39, 0.29) is 17.3 Å². The minimum atomic E-state index is -3.82. The number of nitrogens with zero attached hydrogens (tertiary/aromatic N) is 3. The van der Waals surface area contributed by atoms with Crippen LogP contribution >= 0.6 is 0 Å². The number of hydrogen-bond acceptors (Lipinski definition) is 4. The number of sulfonamides is 1. The number of aromatic amines is 1. The standard InChI is InChI=1S/C17H20FN5O2S/c1-10-16(22-26(24,25)17-11(2)19-20-12(17)3)13(4)23(21-10)9-14-7-5-6-8-15(14)18/h5-8,22H,9H2,1-4H3,(H,19,20). The van der Waals surface area contributed by atoms with Gasteiger partial charge in [-0.25, -0.2) is 12.8 Å². The van der Waals surface area contributed by atoms with E-state index < -0.39 is 10.0 Å². The van der Waals surface area contributed by atoms with E-state index in [1.807, 2.05) is 0 Å². The summed E-state index contributed by atoms with van der Waals surface area (Å²) >= 11 is 0. The molecule has 26 heavy (non-hydrogen) atoms. The van der Waals surface area contributed by atoms with Gasteiger partial charge in [-0.1, -0.05) is 18.2 Å². The zero-order valence-corrected chi connectivity index (χ0v) is 15.8. The van der Waals surface area contributed by atoms with Gasteiger partial charge in [0.05, 0.1) is 35.0 Å². The maximum absolute atomic E-state index is 13.9. The summed E-state index contributed by atoms with van der Waals surface area (Å²) in [6.07, 6.45) is 0. The molecule has 0 saturated carbocycles. The highest BCUT2D eigenvalue weighted by atomic mass is 32.2. The second-order valence-corrected chi connectivity index (χ2v) is 7.78. The van der Waals surface area contributed by atoms with E-state index in [0.717, 1.165) is 0 Å². The molecule has 9 heteroatoms. The van der Waals surface area contributed by atoms with E-state index in [2.05, 4.69) is 20.0 Å². The van der Waals surface area contributed by atoms with Crippen molar-refractivity contribution in [3.05, 3.63) is 58.4 Å². The lowest BCUT2D eigenvalue weighted by atomic mass is 10.2. The number of hydrogen-bond donors (Lipinski definition) is 2. The topological polar surface area (TPSA) is 92.7 Å². The average molecular weight is 377 g/mol. The van der Waals surface area contributed by atoms with Crippen LogP contribution in [-0.4, -0.2) is 28.4 Å². The molecule has 0 saturated heterocycles. The molecule has 3 aromatic rings. The van der Waals surface area contributed by atoms with Gasteiger partial charge in [-0.2, -0.15) is 10.2 Å². The molecule has 2 N–H and O–H groups in total. The Morgan fingerprint density at radius 3 is 2.46 bits per heavy atom. The molecule has 7 nitrogen and oxygen atoms in total. The number of H-pyrrole nitrogens is 1. The predicted octanol–water partition coefficient (Wildman–Crippen LogP) is 2.83. The fraction of sp³-hybridized carbons (Fsp3) is 0.294. The van der Waals surface area contributed by atoms with Crippen LogP contribution in [0.25, 0.3) is 0 Å². The third-order valence-corrected chi connectivity index (χ3v) is 5.84. The molecular weight excluding hydrogens is 357 g/mol. The highest BCUT2D eigenvalue weighted by molar-refractivity contribution is 7.92. The molecule has 0 fully saturated rings. The molecule has 0 aliphatic heterocycles. The van der Waals surface area contributed by atoms with Gasteiger partial charge in [0.2, 0.25) is 0 Å². The monoisotopic (exact) mass is 377 g/mol. The van der Waals surface area contributed by atoms with E-state index in [0.29, 0.717) is 34.0 Å². The Hall–Kier alpha value is -2.68. The fourth-order valence-electron chi connectivity index (χ4n) is 2.91. The third kappa shape index (κ3) is 3.22. The van der Waals surface area contributed by atoms with Gasteiger partial charge < -0.3 is 0 Å². The zero-order valence-electron chi connectivity index (χ0n) is 15.0. The van der Waals surface area contributed by atoms with Crippen LogP contribution in [0.3, 0.4) is 0 Å². The Kier molecular flexibility index (Phi) is 4.57. The summed E-state index contributed by atoms with van der Waals surface area (Å²) in [7, 11) is -3.82. The van der Waals surface area contributed by atoms with E-state index in [9.17, 15) is 12.8 Å². The lowest BCUT2D eigenvalue weighted by Crippen LogP contribution is -2.16. The molecule has 2 aromatic heterocycles. The molecule has 2 heterocycles. The van der Waals surface area contributed by atoms with Gasteiger partial charge in [0, 0.05) is 5.56 Å². The van der Waals surface area contributed by atoms with Crippen molar-refractivity contribution in [1.29, 1.82) is 0 Å². The lowest BCUT2D eigenvalue weighted by Gasteiger charge is -2.10. The molecule has 3 rings (SSSR count). The van der Waals surface area contributed by atoms with Gasteiger partial charge in [-0.05, 0) is 33.8 Å². The molecule has 0 aliphatic carbocycles. The van der Waals surface area contributed by atoms with E-state index in [4.69, 9.17) is 0 Å². The normalized spacial score (nSPS) is 11.7. The van der Waals surface area contributed by atoms with Crippen LogP contribution in [0.15, 0.2) is 29.2 Å². The first-order valence-corrected chi connectivity index (χ1v) is 9.51. The first-order valence-electron chi connectivity index (χ1n) is 8.02. The summed E-state index contributed by atoms with van der Waals surface area (Å²) in [6, 6.07) is 6.43. The highest BCUT2D eigenvalue weighted by Crippen LogP contribution is 2.26. The molecule has 138 valence electrons. The van der Waals surface area contributed by atoms with Crippen molar-refractivity contribution in [1.82, 2.24) is 20.0 Å². The van der Waals surface area contributed by atoms with E-state index in [1.165, 1.54) is 6.07 Å². The van der Waals surface area contributed by atoms with Crippen LogP contribution in [0, 0.1) is 33.5 Å². The molecular formula is C17H20FN5O2S. The fourth-order valence-corrected chi connectivity index (χ4v) is 4.46. The number of halogens is 1. The van der Waals surface area contributed by atoms with E-state index in [1.54, 1.807) is 50.6 Å². The average Bonchev–Trinajstić information content (AvgIpc) is 3.04. The summed E-state index contributed by atoms with van der Waals surface area (Å²) in [5, 5.41) is 11.0. The Morgan fingerprint density at radius 1 is 1.15 bits per heavy atom. The summed E-state index contributed by atoms with van der Waals surface area (Å²) in [6.45, 7) is 6.94. The molecule has 0 radical (unpaired) electrons. The maximum Gasteiger partial charge on any atom is 0.265 e. The number of anilines is 1. The maximum atomic E-state index is 13.9. The van der Waals surface area contributed by atoms with Crippen LogP contribution in [0.4, 0.5) is 10.1 Å². The quantitative estimate of drug-likeness (QED) is 0.715. The number of benzene rings is 1. The number of aromatic nitrogens is 4.